The van der Waals surface area contributed by atoms with Crippen LogP contribution in [0.1, 0.15) is 0 Å². The van der Waals surface area contributed by atoms with Gasteiger partial charge in [-0.15, -0.1) is 0 Å². The van der Waals surface area contributed by atoms with Crippen LogP contribution in [0.2, 0.25) is 0 Å². The van der Waals surface area contributed by atoms with E-state index in [9.17, 15) is 13.5 Å². The van der Waals surface area contributed by atoms with Crippen molar-refractivity contribution in [2.45, 2.75) is 6.10 Å². The molecule has 0 aliphatic rings. The van der Waals surface area contributed by atoms with Crippen LogP contribution in [0, 0.1) is 0 Å². The van der Waals surface area contributed by atoms with Crippen molar-refractivity contribution in [3.05, 3.63) is 0 Å². The average molecular weight is 255 g/mol. The smallest absolute Gasteiger partial charge is 0.155 e. The van der Waals surface area contributed by atoms with Crippen molar-refractivity contribution in [2.24, 2.45) is 0 Å². The molecule has 7 heteroatoms. The molecule has 98 valence electrons. The predicted octanol–water partition coefficient (Wildman–Crippen LogP) is -1.36. The molecule has 16 heavy (non-hydrogen) atoms. The number of sulfone groups is 1. The Morgan fingerprint density at radius 2 is 1.88 bits per heavy atom. The zero-order chi connectivity index (χ0) is 12.4. The minimum absolute atomic E-state index is 0.0569. The van der Waals surface area contributed by atoms with E-state index in [1.165, 1.54) is 7.11 Å². The molecule has 0 saturated carbocycles. The molecule has 0 radical (unpaired) electrons. The number of aliphatic hydroxyl groups is 1. The van der Waals surface area contributed by atoms with E-state index in [0.717, 1.165) is 0 Å². The Bertz CT molecular complexity index is 255. The highest BCUT2D eigenvalue weighted by molar-refractivity contribution is 7.91. The molecule has 0 aliphatic heterocycles. The van der Waals surface area contributed by atoms with Crippen LogP contribution < -0.4 is 5.32 Å². The maximum Gasteiger partial charge on any atom is 0.155 e. The van der Waals surface area contributed by atoms with Crippen molar-refractivity contribution in [1.29, 1.82) is 0 Å². The highest BCUT2D eigenvalue weighted by atomic mass is 32.2. The van der Waals surface area contributed by atoms with Crippen molar-refractivity contribution in [1.82, 2.24) is 5.32 Å². The summed E-state index contributed by atoms with van der Waals surface area (Å²) in [5, 5.41) is 12.4. The molecule has 0 saturated heterocycles. The second-order valence-electron chi connectivity index (χ2n) is 3.46. The van der Waals surface area contributed by atoms with Gasteiger partial charge < -0.3 is 19.9 Å². The van der Waals surface area contributed by atoms with Crippen LogP contribution in [0.4, 0.5) is 0 Å². The van der Waals surface area contributed by atoms with E-state index in [0.29, 0.717) is 13.2 Å². The van der Waals surface area contributed by atoms with Gasteiger partial charge in [0, 0.05) is 27.3 Å². The Kier molecular flexibility index (Phi) is 8.77. The molecule has 0 aromatic carbocycles. The van der Waals surface area contributed by atoms with Crippen LogP contribution in [-0.2, 0) is 19.3 Å². The molecule has 0 spiro atoms. The van der Waals surface area contributed by atoms with Crippen molar-refractivity contribution >= 4 is 9.84 Å². The monoisotopic (exact) mass is 255 g/mol. The summed E-state index contributed by atoms with van der Waals surface area (Å²) < 4.78 is 32.3. The summed E-state index contributed by atoms with van der Waals surface area (Å²) in [5.41, 5.74) is 0. The van der Waals surface area contributed by atoms with Crippen molar-refractivity contribution in [3.8, 4) is 0 Å². The molecule has 0 aromatic heterocycles. The minimum Gasteiger partial charge on any atom is -0.391 e. The highest BCUT2D eigenvalue weighted by Crippen LogP contribution is 1.95. The first-order valence-corrected chi connectivity index (χ1v) is 6.91. The molecule has 6 nitrogen and oxygen atoms in total. The van der Waals surface area contributed by atoms with Crippen LogP contribution >= 0.6 is 0 Å². The van der Waals surface area contributed by atoms with Gasteiger partial charge in [-0.05, 0) is 0 Å². The summed E-state index contributed by atoms with van der Waals surface area (Å²) in [7, 11) is -0.213. The standard InChI is InChI=1S/C9H21NO5S/c1-14-4-3-10-7-9(11)8-16(12,13)6-5-15-2/h9-11H,3-8H2,1-2H3. The molecule has 1 unspecified atom stereocenters. The van der Waals surface area contributed by atoms with Gasteiger partial charge in [-0.2, -0.15) is 0 Å². The number of hydrogen-bond donors (Lipinski definition) is 2. The van der Waals surface area contributed by atoms with Crippen LogP contribution in [0.3, 0.4) is 0 Å². The van der Waals surface area contributed by atoms with Crippen LogP contribution in [-0.4, -0.2) is 71.7 Å². The lowest BCUT2D eigenvalue weighted by Crippen LogP contribution is -2.35. The fourth-order valence-electron chi connectivity index (χ4n) is 1.09. The Morgan fingerprint density at radius 3 is 2.44 bits per heavy atom. The third kappa shape index (κ3) is 9.05. The number of methoxy groups -OCH3 is 2. The first-order valence-electron chi connectivity index (χ1n) is 5.09. The lowest BCUT2D eigenvalue weighted by molar-refractivity contribution is 0.173. The second-order valence-corrected chi connectivity index (χ2v) is 5.69. The zero-order valence-electron chi connectivity index (χ0n) is 9.81. The third-order valence-electron chi connectivity index (χ3n) is 1.91. The molecule has 0 aliphatic carbocycles. The van der Waals surface area contributed by atoms with Gasteiger partial charge in [-0.1, -0.05) is 0 Å². The number of ether oxygens (including phenoxy) is 2. The van der Waals surface area contributed by atoms with Crippen molar-refractivity contribution in [3.63, 3.8) is 0 Å². The molecule has 0 amide bonds. The molecular weight excluding hydrogens is 234 g/mol. The first-order chi connectivity index (χ1) is 7.52. The van der Waals surface area contributed by atoms with Gasteiger partial charge in [0.2, 0.25) is 0 Å². The van der Waals surface area contributed by atoms with Gasteiger partial charge in [0.05, 0.1) is 30.8 Å². The Labute approximate surface area is 96.9 Å². The largest absolute Gasteiger partial charge is 0.391 e. The van der Waals surface area contributed by atoms with E-state index in [1.807, 2.05) is 0 Å². The summed E-state index contributed by atoms with van der Waals surface area (Å²) in [5.74, 6) is -0.297. The lowest BCUT2D eigenvalue weighted by Gasteiger charge is -2.11. The molecule has 0 aromatic rings. The molecule has 1 atom stereocenters. The second kappa shape index (κ2) is 8.89. The summed E-state index contributed by atoms with van der Waals surface area (Å²) in [6.07, 6.45) is -0.890. The van der Waals surface area contributed by atoms with Gasteiger partial charge in [0.15, 0.2) is 9.84 Å². The van der Waals surface area contributed by atoms with E-state index in [-0.39, 0.29) is 24.7 Å². The lowest BCUT2D eigenvalue weighted by atomic mass is 10.4. The fraction of sp³-hybridized carbons (Fsp3) is 1.00. The SMILES string of the molecule is COCCNCC(O)CS(=O)(=O)CCOC. The molecular formula is C9H21NO5S. The number of nitrogens with one attached hydrogen (secondary N) is 1. The number of aliphatic hydroxyl groups excluding tert-OH is 1. The normalized spacial score (nSPS) is 13.9. The Hall–Kier alpha value is -0.210. The van der Waals surface area contributed by atoms with E-state index in [1.54, 1.807) is 7.11 Å². The summed E-state index contributed by atoms with van der Waals surface area (Å²) in [4.78, 5) is 0. The van der Waals surface area contributed by atoms with Gasteiger partial charge in [0.1, 0.15) is 0 Å². The van der Waals surface area contributed by atoms with Crippen molar-refractivity contribution < 1.29 is 23.0 Å². The van der Waals surface area contributed by atoms with E-state index >= 15 is 0 Å². The van der Waals surface area contributed by atoms with Gasteiger partial charge in [-0.3, -0.25) is 0 Å². The number of rotatable bonds is 10. The average Bonchev–Trinajstić information content (AvgIpc) is 2.21. The molecule has 0 heterocycles. The van der Waals surface area contributed by atoms with Crippen molar-refractivity contribution in [2.75, 3.05) is 52.0 Å². The van der Waals surface area contributed by atoms with Crippen LogP contribution in [0.25, 0.3) is 0 Å². The van der Waals surface area contributed by atoms with Gasteiger partial charge in [0.25, 0.3) is 0 Å². The Morgan fingerprint density at radius 1 is 1.25 bits per heavy atom. The van der Waals surface area contributed by atoms with Crippen LogP contribution in [0.5, 0.6) is 0 Å². The Balaban J connectivity index is 3.72. The molecule has 0 bridgehead atoms. The van der Waals surface area contributed by atoms with Crippen LogP contribution in [0.15, 0.2) is 0 Å². The van der Waals surface area contributed by atoms with E-state index in [4.69, 9.17) is 4.74 Å². The molecule has 2 N–H and O–H groups in total. The minimum atomic E-state index is -3.23. The zero-order valence-corrected chi connectivity index (χ0v) is 10.6. The quantitative estimate of drug-likeness (QED) is 0.469. The fourth-order valence-corrected chi connectivity index (χ4v) is 2.38. The van der Waals surface area contributed by atoms with Gasteiger partial charge in [-0.25, -0.2) is 8.42 Å². The molecule has 0 rings (SSSR count). The van der Waals surface area contributed by atoms with Gasteiger partial charge >= 0.3 is 0 Å². The maximum atomic E-state index is 11.4. The van der Waals surface area contributed by atoms with E-state index in [2.05, 4.69) is 10.1 Å². The summed E-state index contributed by atoms with van der Waals surface area (Å²) >= 11 is 0. The summed E-state index contributed by atoms with van der Waals surface area (Å²) in [6, 6.07) is 0. The molecule has 0 fully saturated rings. The highest BCUT2D eigenvalue weighted by Gasteiger charge is 2.16. The topological polar surface area (TPSA) is 84.9 Å². The summed E-state index contributed by atoms with van der Waals surface area (Å²) in [6.45, 7) is 1.52. The third-order valence-corrected chi connectivity index (χ3v) is 3.59. The first kappa shape index (κ1) is 15.8. The van der Waals surface area contributed by atoms with E-state index < -0.39 is 15.9 Å². The predicted molar refractivity (Wildman–Crippen MR) is 61.3 cm³/mol. The maximum absolute atomic E-state index is 11.4. The number of hydrogen-bond acceptors (Lipinski definition) is 6.